The van der Waals surface area contributed by atoms with Gasteiger partial charge in [-0.3, -0.25) is 14.7 Å². The summed E-state index contributed by atoms with van der Waals surface area (Å²) in [5.74, 6) is -0.139. The third-order valence-corrected chi connectivity index (χ3v) is 4.63. The molecule has 0 fully saturated rings. The molecule has 0 spiro atoms. The second-order valence-corrected chi connectivity index (χ2v) is 6.48. The number of benzene rings is 1. The first-order valence-electron chi connectivity index (χ1n) is 8.51. The Morgan fingerprint density at radius 2 is 1.93 bits per heavy atom. The van der Waals surface area contributed by atoms with Crippen molar-refractivity contribution < 1.29 is 15.3 Å². The molecule has 0 saturated heterocycles. The highest BCUT2D eigenvalue weighted by atomic mass is 16.3. The zero-order valence-electron chi connectivity index (χ0n) is 14.4. The van der Waals surface area contributed by atoms with Crippen molar-refractivity contribution in [3.8, 4) is 28.8 Å². The first-order chi connectivity index (χ1) is 13.0. The van der Waals surface area contributed by atoms with Crippen molar-refractivity contribution in [2.45, 2.75) is 19.5 Å². The molecule has 1 aromatic carbocycles. The normalized spacial score (nSPS) is 14.1. The number of phenolic OH excluding ortho intramolecular Hbond substituents is 3. The number of pyridine rings is 1. The van der Waals surface area contributed by atoms with E-state index in [1.54, 1.807) is 18.3 Å². The highest BCUT2D eigenvalue weighted by Crippen LogP contribution is 2.33. The average Bonchev–Trinajstić information content (AvgIpc) is 2.65. The molecule has 0 aliphatic carbocycles. The van der Waals surface area contributed by atoms with E-state index >= 15 is 0 Å². The molecule has 2 aromatic heterocycles. The molecule has 27 heavy (non-hydrogen) atoms. The van der Waals surface area contributed by atoms with Crippen molar-refractivity contribution in [2.75, 3.05) is 6.54 Å². The van der Waals surface area contributed by atoms with Gasteiger partial charge in [0.2, 0.25) is 0 Å². The van der Waals surface area contributed by atoms with E-state index in [1.165, 1.54) is 12.1 Å². The molecule has 4 N–H and O–H groups in total. The highest BCUT2D eigenvalue weighted by molar-refractivity contribution is 5.50. The Balaban J connectivity index is 1.63. The van der Waals surface area contributed by atoms with E-state index in [-0.39, 0.29) is 29.4 Å². The zero-order valence-corrected chi connectivity index (χ0v) is 14.4. The monoisotopic (exact) mass is 366 g/mol. The van der Waals surface area contributed by atoms with Gasteiger partial charge in [-0.25, -0.2) is 4.98 Å². The smallest absolute Gasteiger partial charge is 0.254 e. The van der Waals surface area contributed by atoms with Crippen LogP contribution in [-0.4, -0.2) is 41.7 Å². The fourth-order valence-electron chi connectivity index (χ4n) is 3.27. The lowest BCUT2D eigenvalue weighted by atomic mass is 10.0. The molecule has 0 atom stereocenters. The van der Waals surface area contributed by atoms with Gasteiger partial charge in [0.05, 0.1) is 5.69 Å². The van der Waals surface area contributed by atoms with Gasteiger partial charge in [-0.15, -0.1) is 0 Å². The zero-order chi connectivity index (χ0) is 19.0. The van der Waals surface area contributed by atoms with Crippen LogP contribution in [0.2, 0.25) is 0 Å². The maximum atomic E-state index is 12.4. The lowest BCUT2D eigenvalue weighted by Crippen LogP contribution is -2.35. The van der Waals surface area contributed by atoms with Crippen LogP contribution in [0.5, 0.6) is 17.2 Å². The Bertz CT molecular complexity index is 1030. The number of aromatic amines is 1. The van der Waals surface area contributed by atoms with Crippen LogP contribution in [0.4, 0.5) is 0 Å². The van der Waals surface area contributed by atoms with Crippen LogP contribution in [0, 0.1) is 0 Å². The summed E-state index contributed by atoms with van der Waals surface area (Å²) in [5.41, 5.74) is 2.04. The molecule has 0 amide bonds. The summed E-state index contributed by atoms with van der Waals surface area (Å²) < 4.78 is 0. The third-order valence-electron chi connectivity index (χ3n) is 4.63. The number of hydrogen-bond donors (Lipinski definition) is 4. The second kappa shape index (κ2) is 6.73. The summed E-state index contributed by atoms with van der Waals surface area (Å²) >= 11 is 0. The summed E-state index contributed by atoms with van der Waals surface area (Å²) in [5, 5.41) is 29.5. The van der Waals surface area contributed by atoms with Gasteiger partial charge in [-0.1, -0.05) is 6.07 Å². The Morgan fingerprint density at radius 1 is 1.15 bits per heavy atom. The van der Waals surface area contributed by atoms with Crippen LogP contribution >= 0.6 is 0 Å². The maximum Gasteiger partial charge on any atom is 0.254 e. The van der Waals surface area contributed by atoms with Gasteiger partial charge in [0, 0.05) is 49.1 Å². The topological polar surface area (TPSA) is 123 Å². The van der Waals surface area contributed by atoms with Gasteiger partial charge in [0.1, 0.15) is 22.9 Å². The number of phenols is 3. The SMILES string of the molecule is O=c1[nH]c(-c2ccccn2)nc2c1CCN(Cc1c(O)cc(O)cc1O)C2. The number of H-pyrrole nitrogens is 1. The van der Waals surface area contributed by atoms with E-state index in [1.807, 2.05) is 11.0 Å². The fourth-order valence-corrected chi connectivity index (χ4v) is 3.27. The molecule has 3 aromatic rings. The molecule has 1 aliphatic heterocycles. The predicted molar refractivity (Wildman–Crippen MR) is 97.3 cm³/mol. The van der Waals surface area contributed by atoms with E-state index in [9.17, 15) is 20.1 Å². The fraction of sp³-hybridized carbons (Fsp3) is 0.211. The van der Waals surface area contributed by atoms with Gasteiger partial charge in [0.25, 0.3) is 5.56 Å². The van der Waals surface area contributed by atoms with Crippen molar-refractivity contribution in [3.05, 3.63) is 63.7 Å². The van der Waals surface area contributed by atoms with Gasteiger partial charge in [0.15, 0.2) is 5.82 Å². The van der Waals surface area contributed by atoms with E-state index in [4.69, 9.17) is 0 Å². The molecule has 0 saturated carbocycles. The molecule has 8 nitrogen and oxygen atoms in total. The number of nitrogens with zero attached hydrogens (tertiary/aromatic N) is 3. The number of aromatic nitrogens is 3. The Kier molecular flexibility index (Phi) is 4.25. The van der Waals surface area contributed by atoms with E-state index in [0.29, 0.717) is 47.8 Å². The summed E-state index contributed by atoms with van der Waals surface area (Å²) in [7, 11) is 0. The van der Waals surface area contributed by atoms with Crippen molar-refractivity contribution in [1.82, 2.24) is 19.9 Å². The van der Waals surface area contributed by atoms with Crippen molar-refractivity contribution in [3.63, 3.8) is 0 Å². The third kappa shape index (κ3) is 3.34. The lowest BCUT2D eigenvalue weighted by molar-refractivity contribution is 0.234. The summed E-state index contributed by atoms with van der Waals surface area (Å²) in [6, 6.07) is 7.77. The van der Waals surface area contributed by atoms with Gasteiger partial charge in [-0.2, -0.15) is 0 Å². The highest BCUT2D eigenvalue weighted by Gasteiger charge is 2.23. The average molecular weight is 366 g/mol. The first kappa shape index (κ1) is 17.0. The van der Waals surface area contributed by atoms with Crippen LogP contribution in [-0.2, 0) is 19.5 Å². The minimum Gasteiger partial charge on any atom is -0.508 e. The van der Waals surface area contributed by atoms with Gasteiger partial charge < -0.3 is 20.3 Å². The molecule has 4 rings (SSSR count). The van der Waals surface area contributed by atoms with Crippen LogP contribution in [0.1, 0.15) is 16.8 Å². The number of nitrogens with one attached hydrogen (secondary N) is 1. The molecule has 3 heterocycles. The molecule has 1 aliphatic rings. The van der Waals surface area contributed by atoms with Gasteiger partial charge in [-0.05, 0) is 18.6 Å². The van der Waals surface area contributed by atoms with Crippen LogP contribution in [0.15, 0.2) is 41.3 Å². The van der Waals surface area contributed by atoms with Crippen molar-refractivity contribution >= 4 is 0 Å². The second-order valence-electron chi connectivity index (χ2n) is 6.48. The Labute approximate surface area is 154 Å². The largest absolute Gasteiger partial charge is 0.508 e. The Hall–Kier alpha value is -3.39. The van der Waals surface area contributed by atoms with Crippen molar-refractivity contribution in [2.24, 2.45) is 0 Å². The van der Waals surface area contributed by atoms with Gasteiger partial charge >= 0.3 is 0 Å². The molecule has 0 radical (unpaired) electrons. The summed E-state index contributed by atoms with van der Waals surface area (Å²) in [6.45, 7) is 1.25. The summed E-state index contributed by atoms with van der Waals surface area (Å²) in [6.07, 6.45) is 2.15. The molecule has 0 unspecified atom stereocenters. The van der Waals surface area contributed by atoms with E-state index < -0.39 is 0 Å². The molecule has 8 heteroatoms. The maximum absolute atomic E-state index is 12.4. The minimum atomic E-state index is -0.203. The quantitative estimate of drug-likeness (QED) is 0.554. The Morgan fingerprint density at radius 3 is 2.63 bits per heavy atom. The number of rotatable bonds is 3. The molecule has 138 valence electrons. The predicted octanol–water partition coefficient (Wildman–Crippen LogP) is 1.51. The number of hydrogen-bond acceptors (Lipinski definition) is 7. The van der Waals surface area contributed by atoms with Crippen LogP contribution in [0.25, 0.3) is 11.5 Å². The summed E-state index contributed by atoms with van der Waals surface area (Å²) in [4.78, 5) is 26.0. The standard InChI is InChI=1S/C19H18N4O4/c24-11-7-16(25)13(17(26)8-11)9-23-6-4-12-15(10-23)21-18(22-19(12)27)14-3-1-2-5-20-14/h1-3,5,7-8,24-26H,4,6,9-10H2,(H,21,22,27). The lowest BCUT2D eigenvalue weighted by Gasteiger charge is -2.28. The molecular formula is C19H18N4O4. The van der Waals surface area contributed by atoms with Crippen LogP contribution < -0.4 is 5.56 Å². The molecule has 0 bridgehead atoms. The molecular weight excluding hydrogens is 348 g/mol. The van der Waals surface area contributed by atoms with E-state index in [2.05, 4.69) is 15.0 Å². The minimum absolute atomic E-state index is 0.171. The number of fused-ring (bicyclic) bond motifs is 1. The first-order valence-corrected chi connectivity index (χ1v) is 8.51. The van der Waals surface area contributed by atoms with Crippen LogP contribution in [0.3, 0.4) is 0 Å². The number of aromatic hydroxyl groups is 3. The van der Waals surface area contributed by atoms with Crippen molar-refractivity contribution in [1.29, 1.82) is 0 Å². The van der Waals surface area contributed by atoms with E-state index in [0.717, 1.165) is 0 Å².